The first-order chi connectivity index (χ1) is 15.2. The molecule has 0 radical (unpaired) electrons. The summed E-state index contributed by atoms with van der Waals surface area (Å²) in [4.78, 5) is 26.3. The number of benzene rings is 2. The summed E-state index contributed by atoms with van der Waals surface area (Å²) in [5.74, 6) is -0.490. The van der Waals surface area contributed by atoms with E-state index in [2.05, 4.69) is 13.8 Å². The molecule has 8 heteroatoms. The van der Waals surface area contributed by atoms with E-state index in [1.54, 1.807) is 36.4 Å². The number of para-hydroxylation sites is 1. The summed E-state index contributed by atoms with van der Waals surface area (Å²) in [5, 5.41) is 1.10. The average molecular weight is 458 g/mol. The number of carbonyl (C=O) groups is 2. The summed E-state index contributed by atoms with van der Waals surface area (Å²) < 4.78 is 34.3. The van der Waals surface area contributed by atoms with Crippen LogP contribution in [0, 0.1) is 6.92 Å². The third-order valence-electron chi connectivity index (χ3n) is 5.12. The summed E-state index contributed by atoms with van der Waals surface area (Å²) >= 11 is 0. The standard InChI is InChI=1S/C24H27NO6S/c1-17(2)22-10-9-21(13-18(22)3)30-15-24(27)31-14-23(26)25(19-7-5-4-6-8-19)20-11-12-32(28,29)16-20/h4-13,17,20H,14-16H2,1-3H3. The Morgan fingerprint density at radius 2 is 1.81 bits per heavy atom. The van der Waals surface area contributed by atoms with Crippen molar-refractivity contribution in [3.8, 4) is 5.75 Å². The SMILES string of the molecule is Cc1cc(OCC(=O)OCC(=O)N(c2ccccc2)C2C=CS(=O)(=O)C2)ccc1C(C)C. The van der Waals surface area contributed by atoms with Gasteiger partial charge in [-0.05, 0) is 54.3 Å². The van der Waals surface area contributed by atoms with Gasteiger partial charge in [0, 0.05) is 11.1 Å². The number of sulfone groups is 1. The molecule has 1 heterocycles. The zero-order valence-electron chi connectivity index (χ0n) is 18.4. The summed E-state index contributed by atoms with van der Waals surface area (Å²) in [7, 11) is -3.37. The molecule has 1 atom stereocenters. The van der Waals surface area contributed by atoms with Gasteiger partial charge in [0.05, 0.1) is 11.8 Å². The van der Waals surface area contributed by atoms with Gasteiger partial charge >= 0.3 is 5.97 Å². The minimum Gasteiger partial charge on any atom is -0.482 e. The fourth-order valence-corrected chi connectivity index (χ4v) is 4.88. The highest BCUT2D eigenvalue weighted by molar-refractivity contribution is 7.94. The minimum absolute atomic E-state index is 0.212. The Bertz CT molecular complexity index is 1110. The van der Waals surface area contributed by atoms with E-state index < -0.39 is 34.4 Å². The predicted molar refractivity (Wildman–Crippen MR) is 122 cm³/mol. The second-order valence-corrected chi connectivity index (χ2v) is 9.88. The average Bonchev–Trinajstić information content (AvgIpc) is 3.10. The van der Waals surface area contributed by atoms with Crippen molar-refractivity contribution >= 4 is 27.4 Å². The third-order valence-corrected chi connectivity index (χ3v) is 6.50. The molecule has 3 rings (SSSR count). The van der Waals surface area contributed by atoms with Crippen molar-refractivity contribution in [2.24, 2.45) is 0 Å². The summed E-state index contributed by atoms with van der Waals surface area (Å²) in [5.41, 5.74) is 2.80. The van der Waals surface area contributed by atoms with Gasteiger partial charge in [-0.15, -0.1) is 0 Å². The molecule has 0 aromatic heterocycles. The minimum atomic E-state index is -3.37. The first kappa shape index (κ1) is 23.5. The zero-order valence-corrected chi connectivity index (χ0v) is 19.2. The fraction of sp³-hybridized carbons (Fsp3) is 0.333. The number of nitrogens with zero attached hydrogens (tertiary/aromatic N) is 1. The summed E-state index contributed by atoms with van der Waals surface area (Å²) in [6.45, 7) is 5.33. The quantitative estimate of drug-likeness (QED) is 0.565. The molecule has 0 spiro atoms. The van der Waals surface area contributed by atoms with Crippen molar-refractivity contribution in [3.05, 3.63) is 71.1 Å². The van der Waals surface area contributed by atoms with E-state index in [0.717, 1.165) is 11.0 Å². The molecule has 0 saturated carbocycles. The third kappa shape index (κ3) is 5.97. The summed E-state index contributed by atoms with van der Waals surface area (Å²) in [6, 6.07) is 13.6. The second-order valence-electron chi connectivity index (χ2n) is 7.95. The van der Waals surface area contributed by atoms with Crippen molar-refractivity contribution in [1.29, 1.82) is 0 Å². The molecule has 0 aliphatic carbocycles. The van der Waals surface area contributed by atoms with Gasteiger partial charge in [0.2, 0.25) is 0 Å². The molecule has 2 aromatic rings. The molecule has 1 amide bonds. The van der Waals surface area contributed by atoms with Crippen LogP contribution in [0.15, 0.2) is 60.0 Å². The van der Waals surface area contributed by atoms with Crippen LogP contribution in [-0.2, 0) is 24.2 Å². The van der Waals surface area contributed by atoms with Gasteiger partial charge in [-0.2, -0.15) is 0 Å². The molecule has 0 bridgehead atoms. The van der Waals surface area contributed by atoms with Gasteiger partial charge in [0.1, 0.15) is 5.75 Å². The lowest BCUT2D eigenvalue weighted by Crippen LogP contribution is -2.43. The van der Waals surface area contributed by atoms with Crippen LogP contribution < -0.4 is 9.64 Å². The summed E-state index contributed by atoms with van der Waals surface area (Å²) in [6.07, 6.45) is 1.47. The number of hydrogen-bond donors (Lipinski definition) is 0. The van der Waals surface area contributed by atoms with Crippen LogP contribution in [0.5, 0.6) is 5.75 Å². The Balaban J connectivity index is 1.59. The van der Waals surface area contributed by atoms with Gasteiger partial charge in [-0.1, -0.05) is 38.1 Å². The van der Waals surface area contributed by atoms with Crippen LogP contribution in [0.4, 0.5) is 5.69 Å². The van der Waals surface area contributed by atoms with Crippen LogP contribution in [0.3, 0.4) is 0 Å². The lowest BCUT2D eigenvalue weighted by atomic mass is 9.98. The predicted octanol–water partition coefficient (Wildman–Crippen LogP) is 3.38. The van der Waals surface area contributed by atoms with Crippen molar-refractivity contribution in [2.45, 2.75) is 32.7 Å². The maximum absolute atomic E-state index is 12.8. The van der Waals surface area contributed by atoms with Gasteiger partial charge in [-0.3, -0.25) is 4.79 Å². The molecular weight excluding hydrogens is 430 g/mol. The van der Waals surface area contributed by atoms with E-state index in [-0.39, 0.29) is 12.4 Å². The number of amides is 1. The monoisotopic (exact) mass is 457 g/mol. The molecule has 32 heavy (non-hydrogen) atoms. The number of hydrogen-bond acceptors (Lipinski definition) is 6. The van der Waals surface area contributed by atoms with Gasteiger partial charge in [-0.25, -0.2) is 13.2 Å². The molecule has 1 aliphatic heterocycles. The number of carbonyl (C=O) groups excluding carboxylic acids is 2. The molecule has 2 aromatic carbocycles. The smallest absolute Gasteiger partial charge is 0.344 e. The zero-order chi connectivity index (χ0) is 23.3. The first-order valence-corrected chi connectivity index (χ1v) is 12.0. The van der Waals surface area contributed by atoms with Crippen molar-refractivity contribution in [1.82, 2.24) is 0 Å². The highest BCUT2D eigenvalue weighted by Gasteiger charge is 2.31. The number of aryl methyl sites for hydroxylation is 1. The number of anilines is 1. The topological polar surface area (TPSA) is 90.0 Å². The lowest BCUT2D eigenvalue weighted by Gasteiger charge is -2.27. The maximum atomic E-state index is 12.8. The molecule has 0 N–H and O–H groups in total. The second kappa shape index (κ2) is 9.99. The van der Waals surface area contributed by atoms with Crippen LogP contribution in [0.2, 0.25) is 0 Å². The Morgan fingerprint density at radius 3 is 2.41 bits per heavy atom. The van der Waals surface area contributed by atoms with Crippen molar-refractivity contribution in [2.75, 3.05) is 23.9 Å². The Labute approximate surface area is 188 Å². The molecular formula is C24H27NO6S. The van der Waals surface area contributed by atoms with Crippen molar-refractivity contribution < 1.29 is 27.5 Å². The Hall–Kier alpha value is -3.13. The fourth-order valence-electron chi connectivity index (χ4n) is 3.61. The molecule has 7 nitrogen and oxygen atoms in total. The maximum Gasteiger partial charge on any atom is 0.344 e. The van der Waals surface area contributed by atoms with E-state index in [4.69, 9.17) is 9.47 Å². The number of rotatable bonds is 8. The van der Waals surface area contributed by atoms with E-state index in [9.17, 15) is 18.0 Å². The van der Waals surface area contributed by atoms with Gasteiger partial charge in [0.15, 0.2) is 23.1 Å². The Morgan fingerprint density at radius 1 is 1.09 bits per heavy atom. The van der Waals surface area contributed by atoms with E-state index >= 15 is 0 Å². The van der Waals surface area contributed by atoms with Crippen LogP contribution in [0.25, 0.3) is 0 Å². The van der Waals surface area contributed by atoms with Crippen LogP contribution in [0.1, 0.15) is 30.9 Å². The highest BCUT2D eigenvalue weighted by Crippen LogP contribution is 2.24. The van der Waals surface area contributed by atoms with Crippen molar-refractivity contribution in [3.63, 3.8) is 0 Å². The van der Waals surface area contributed by atoms with E-state index in [0.29, 0.717) is 17.4 Å². The van der Waals surface area contributed by atoms with E-state index in [1.807, 2.05) is 19.1 Å². The van der Waals surface area contributed by atoms with Crippen LogP contribution in [-0.4, -0.2) is 45.3 Å². The lowest BCUT2D eigenvalue weighted by molar-refractivity contribution is -0.149. The van der Waals surface area contributed by atoms with Gasteiger partial charge in [0.25, 0.3) is 5.91 Å². The van der Waals surface area contributed by atoms with E-state index in [1.165, 1.54) is 16.5 Å². The molecule has 170 valence electrons. The normalized spacial score (nSPS) is 16.7. The molecule has 1 unspecified atom stereocenters. The molecule has 0 saturated heterocycles. The number of esters is 1. The highest BCUT2D eigenvalue weighted by atomic mass is 32.2. The van der Waals surface area contributed by atoms with Gasteiger partial charge < -0.3 is 14.4 Å². The van der Waals surface area contributed by atoms with Crippen LogP contribution >= 0.6 is 0 Å². The first-order valence-electron chi connectivity index (χ1n) is 10.3. The number of ether oxygens (including phenoxy) is 2. The molecule has 1 aliphatic rings. The Kier molecular flexibility index (Phi) is 7.35. The largest absolute Gasteiger partial charge is 0.482 e. The molecule has 0 fully saturated rings.